The molecular formula is C11H14N4OS2. The maximum absolute atomic E-state index is 5.99. The number of hydrogen-bond acceptors (Lipinski definition) is 7. The molecule has 0 unspecified atom stereocenters. The van der Waals surface area contributed by atoms with Crippen molar-refractivity contribution in [2.24, 2.45) is 0 Å². The third-order valence-corrected chi connectivity index (χ3v) is 4.02. The number of ether oxygens (including phenoxy) is 1. The Hall–Kier alpha value is -1.34. The molecule has 0 bridgehead atoms. The van der Waals surface area contributed by atoms with Crippen LogP contribution in [0.2, 0.25) is 0 Å². The summed E-state index contributed by atoms with van der Waals surface area (Å²) in [5, 5.41) is 2.67. The van der Waals surface area contributed by atoms with E-state index in [-0.39, 0.29) is 6.10 Å². The Balaban J connectivity index is 2.23. The molecule has 0 aliphatic rings. The Morgan fingerprint density at radius 1 is 1.39 bits per heavy atom. The zero-order chi connectivity index (χ0) is 13.1. The molecule has 0 fully saturated rings. The largest absolute Gasteiger partial charge is 0.473 e. The van der Waals surface area contributed by atoms with Crippen molar-refractivity contribution in [1.82, 2.24) is 15.0 Å². The maximum atomic E-state index is 5.99. The van der Waals surface area contributed by atoms with Gasteiger partial charge in [0.25, 0.3) is 0 Å². The summed E-state index contributed by atoms with van der Waals surface area (Å²) in [6.07, 6.45) is 1.49. The molecule has 0 atom stereocenters. The molecule has 0 radical (unpaired) electrons. The van der Waals surface area contributed by atoms with Crippen molar-refractivity contribution < 1.29 is 4.74 Å². The van der Waals surface area contributed by atoms with Crippen LogP contribution in [-0.2, 0) is 0 Å². The summed E-state index contributed by atoms with van der Waals surface area (Å²) in [6.45, 7) is 5.81. The van der Waals surface area contributed by atoms with Gasteiger partial charge in [-0.3, -0.25) is 0 Å². The van der Waals surface area contributed by atoms with Gasteiger partial charge in [-0.05, 0) is 32.5 Å². The normalized spacial score (nSPS) is 10.9. The van der Waals surface area contributed by atoms with Gasteiger partial charge in [0, 0.05) is 11.1 Å². The molecule has 0 spiro atoms. The predicted molar refractivity (Wildman–Crippen MR) is 73.2 cm³/mol. The molecule has 0 aliphatic heterocycles. The highest BCUT2D eigenvalue weighted by Gasteiger charge is 2.13. The smallest absolute Gasteiger partial charge is 0.241 e. The Kier molecular flexibility index (Phi) is 4.03. The second-order valence-electron chi connectivity index (χ2n) is 3.92. The summed E-state index contributed by atoms with van der Waals surface area (Å²) >= 11 is 3.00. The lowest BCUT2D eigenvalue weighted by Gasteiger charge is -2.11. The monoisotopic (exact) mass is 282 g/mol. The Bertz CT molecular complexity index is 542. The van der Waals surface area contributed by atoms with Crippen LogP contribution in [0.25, 0.3) is 0 Å². The number of aryl methyl sites for hydroxylation is 1. The Labute approximate surface area is 114 Å². The third-order valence-electron chi connectivity index (χ3n) is 1.94. The fourth-order valence-electron chi connectivity index (χ4n) is 1.22. The standard InChI is InChI=1S/C11H14N4OS2/c1-6(2)16-9-8(12)10(14-5-13-9)18-11-15-7(3)4-17-11/h4-6H,12H2,1-3H3. The molecule has 96 valence electrons. The van der Waals surface area contributed by atoms with Gasteiger partial charge < -0.3 is 10.5 Å². The molecule has 2 N–H and O–H groups in total. The molecule has 0 saturated carbocycles. The van der Waals surface area contributed by atoms with E-state index in [4.69, 9.17) is 10.5 Å². The molecule has 2 rings (SSSR count). The van der Waals surface area contributed by atoms with E-state index in [1.54, 1.807) is 11.3 Å². The SMILES string of the molecule is Cc1csc(Sc2ncnc(OC(C)C)c2N)n1. The first-order chi connectivity index (χ1) is 8.56. The van der Waals surface area contributed by atoms with Gasteiger partial charge in [-0.15, -0.1) is 11.3 Å². The van der Waals surface area contributed by atoms with E-state index >= 15 is 0 Å². The summed E-state index contributed by atoms with van der Waals surface area (Å²) < 4.78 is 6.43. The summed E-state index contributed by atoms with van der Waals surface area (Å²) in [4.78, 5) is 12.6. The van der Waals surface area contributed by atoms with E-state index in [0.717, 1.165) is 10.0 Å². The molecule has 2 heterocycles. The van der Waals surface area contributed by atoms with E-state index in [2.05, 4.69) is 15.0 Å². The zero-order valence-corrected chi connectivity index (χ0v) is 12.0. The molecule has 2 aromatic rings. The summed E-state index contributed by atoms with van der Waals surface area (Å²) in [6, 6.07) is 0. The van der Waals surface area contributed by atoms with E-state index in [1.165, 1.54) is 18.1 Å². The fraction of sp³-hybridized carbons (Fsp3) is 0.364. The van der Waals surface area contributed by atoms with Gasteiger partial charge in [0.05, 0.1) is 6.10 Å². The number of thiazole rings is 1. The van der Waals surface area contributed by atoms with Crippen LogP contribution in [0.4, 0.5) is 5.69 Å². The number of nitrogens with zero attached hydrogens (tertiary/aromatic N) is 3. The highest BCUT2D eigenvalue weighted by molar-refractivity contribution is 8.01. The zero-order valence-electron chi connectivity index (χ0n) is 10.4. The lowest BCUT2D eigenvalue weighted by atomic mass is 10.4. The van der Waals surface area contributed by atoms with Gasteiger partial charge in [0.15, 0.2) is 4.34 Å². The molecular weight excluding hydrogens is 268 g/mol. The molecule has 5 nitrogen and oxygen atoms in total. The first kappa shape index (κ1) is 13.1. The van der Waals surface area contributed by atoms with Crippen molar-refractivity contribution in [2.75, 3.05) is 5.73 Å². The van der Waals surface area contributed by atoms with Crippen LogP contribution in [0.1, 0.15) is 19.5 Å². The summed E-state index contributed by atoms with van der Waals surface area (Å²) in [7, 11) is 0. The van der Waals surface area contributed by atoms with Gasteiger partial charge in [-0.1, -0.05) is 0 Å². The quantitative estimate of drug-likeness (QED) is 0.869. The van der Waals surface area contributed by atoms with Crippen molar-refractivity contribution in [1.29, 1.82) is 0 Å². The van der Waals surface area contributed by atoms with Gasteiger partial charge in [0.1, 0.15) is 17.0 Å². The highest BCUT2D eigenvalue weighted by Crippen LogP contribution is 2.35. The first-order valence-electron chi connectivity index (χ1n) is 5.43. The molecule has 0 saturated heterocycles. The van der Waals surface area contributed by atoms with E-state index in [9.17, 15) is 0 Å². The van der Waals surface area contributed by atoms with Crippen molar-refractivity contribution in [3.8, 4) is 5.88 Å². The molecule has 0 amide bonds. The lowest BCUT2D eigenvalue weighted by Crippen LogP contribution is -2.09. The lowest BCUT2D eigenvalue weighted by molar-refractivity contribution is 0.233. The van der Waals surface area contributed by atoms with Gasteiger partial charge >= 0.3 is 0 Å². The van der Waals surface area contributed by atoms with Crippen molar-refractivity contribution in [2.45, 2.75) is 36.2 Å². The molecule has 18 heavy (non-hydrogen) atoms. The summed E-state index contributed by atoms with van der Waals surface area (Å²) in [5.41, 5.74) is 7.45. The average molecular weight is 282 g/mol. The Morgan fingerprint density at radius 2 is 2.17 bits per heavy atom. The minimum absolute atomic E-state index is 0.0298. The van der Waals surface area contributed by atoms with Crippen LogP contribution >= 0.6 is 23.1 Å². The van der Waals surface area contributed by atoms with E-state index in [0.29, 0.717) is 16.6 Å². The van der Waals surface area contributed by atoms with Gasteiger partial charge in [-0.2, -0.15) is 4.98 Å². The second kappa shape index (κ2) is 5.53. The number of nitrogen functional groups attached to an aromatic ring is 1. The predicted octanol–water partition coefficient (Wildman–Crippen LogP) is 2.76. The number of hydrogen-bond donors (Lipinski definition) is 1. The van der Waals surface area contributed by atoms with Crippen LogP contribution < -0.4 is 10.5 Å². The number of aromatic nitrogens is 3. The molecule has 0 aromatic carbocycles. The topological polar surface area (TPSA) is 73.9 Å². The van der Waals surface area contributed by atoms with Crippen molar-refractivity contribution >= 4 is 28.8 Å². The number of rotatable bonds is 4. The fourth-order valence-corrected chi connectivity index (χ4v) is 2.97. The number of nitrogens with two attached hydrogens (primary N) is 1. The minimum Gasteiger partial charge on any atom is -0.473 e. The summed E-state index contributed by atoms with van der Waals surface area (Å²) in [5.74, 6) is 0.427. The van der Waals surface area contributed by atoms with Crippen molar-refractivity contribution in [3.63, 3.8) is 0 Å². The van der Waals surface area contributed by atoms with Crippen LogP contribution in [0.3, 0.4) is 0 Å². The molecule has 0 aliphatic carbocycles. The van der Waals surface area contributed by atoms with Gasteiger partial charge in [0.2, 0.25) is 5.88 Å². The number of anilines is 1. The van der Waals surface area contributed by atoms with Crippen molar-refractivity contribution in [3.05, 3.63) is 17.4 Å². The van der Waals surface area contributed by atoms with Crippen LogP contribution in [0, 0.1) is 6.92 Å². The highest BCUT2D eigenvalue weighted by atomic mass is 32.2. The van der Waals surface area contributed by atoms with Crippen LogP contribution in [-0.4, -0.2) is 21.1 Å². The Morgan fingerprint density at radius 3 is 2.78 bits per heavy atom. The van der Waals surface area contributed by atoms with Gasteiger partial charge in [-0.25, -0.2) is 9.97 Å². The third kappa shape index (κ3) is 3.11. The first-order valence-corrected chi connectivity index (χ1v) is 7.13. The van der Waals surface area contributed by atoms with Crippen LogP contribution in [0.5, 0.6) is 5.88 Å². The average Bonchev–Trinajstić information content (AvgIpc) is 2.69. The van der Waals surface area contributed by atoms with Crippen LogP contribution in [0.15, 0.2) is 21.1 Å². The van der Waals surface area contributed by atoms with E-state index in [1.807, 2.05) is 26.2 Å². The second-order valence-corrected chi connectivity index (χ2v) is 6.02. The minimum atomic E-state index is 0.0298. The molecule has 7 heteroatoms. The maximum Gasteiger partial charge on any atom is 0.241 e. The van der Waals surface area contributed by atoms with E-state index < -0.39 is 0 Å². The molecule has 2 aromatic heterocycles.